The maximum atomic E-state index is 12.1. The van der Waals surface area contributed by atoms with E-state index in [0.717, 1.165) is 4.88 Å². The predicted molar refractivity (Wildman–Crippen MR) is 75.1 cm³/mol. The number of carbonyl (C=O) groups is 1. The van der Waals surface area contributed by atoms with Crippen molar-refractivity contribution in [3.8, 4) is 0 Å². The van der Waals surface area contributed by atoms with Crippen molar-refractivity contribution in [2.45, 2.75) is 31.3 Å². The summed E-state index contributed by atoms with van der Waals surface area (Å²) in [6.07, 6.45) is 1.19. The van der Waals surface area contributed by atoms with Crippen LogP contribution in [0.3, 0.4) is 0 Å². The molecule has 1 aliphatic heterocycles. The molecule has 0 spiro atoms. The second-order valence-corrected chi connectivity index (χ2v) is 5.46. The molecule has 0 radical (unpaired) electrons. The molecule has 1 aromatic rings. The van der Waals surface area contributed by atoms with Gasteiger partial charge in [0.1, 0.15) is 0 Å². The number of thiophene rings is 1. The van der Waals surface area contributed by atoms with E-state index in [2.05, 4.69) is 5.32 Å². The molecule has 1 unspecified atom stereocenters. The fourth-order valence-corrected chi connectivity index (χ4v) is 2.65. The third-order valence-electron chi connectivity index (χ3n) is 3.15. The van der Waals surface area contributed by atoms with Crippen LogP contribution in [0.2, 0.25) is 0 Å². The Morgan fingerprint density at radius 2 is 2.22 bits per heavy atom. The van der Waals surface area contributed by atoms with Crippen LogP contribution in [0.4, 0.5) is 0 Å². The SMILES string of the molecule is CC(NC(=O)C1(N)CCOCC1)c1cccs1.Cl. The first-order valence-electron chi connectivity index (χ1n) is 5.83. The van der Waals surface area contributed by atoms with E-state index in [1.807, 2.05) is 24.4 Å². The van der Waals surface area contributed by atoms with Gasteiger partial charge in [-0.25, -0.2) is 0 Å². The summed E-state index contributed by atoms with van der Waals surface area (Å²) in [5.41, 5.74) is 5.36. The highest BCUT2D eigenvalue weighted by molar-refractivity contribution is 7.10. The number of carbonyl (C=O) groups excluding carboxylic acids is 1. The van der Waals surface area contributed by atoms with Gasteiger partial charge in [-0.3, -0.25) is 4.79 Å². The van der Waals surface area contributed by atoms with Crippen molar-refractivity contribution in [3.63, 3.8) is 0 Å². The Balaban J connectivity index is 0.00000162. The molecule has 102 valence electrons. The number of amides is 1. The Morgan fingerprint density at radius 3 is 2.78 bits per heavy atom. The maximum Gasteiger partial charge on any atom is 0.240 e. The zero-order valence-corrected chi connectivity index (χ0v) is 12.0. The molecule has 2 rings (SSSR count). The molecule has 3 N–H and O–H groups in total. The monoisotopic (exact) mass is 290 g/mol. The molecule has 4 nitrogen and oxygen atoms in total. The quantitative estimate of drug-likeness (QED) is 0.893. The minimum absolute atomic E-state index is 0. The summed E-state index contributed by atoms with van der Waals surface area (Å²) in [6, 6.07) is 4.02. The normalized spacial score (nSPS) is 19.7. The molecule has 1 fully saturated rings. The van der Waals surface area contributed by atoms with Gasteiger partial charge in [0.15, 0.2) is 0 Å². The van der Waals surface area contributed by atoms with Crippen LogP contribution >= 0.6 is 23.7 Å². The van der Waals surface area contributed by atoms with Gasteiger partial charge < -0.3 is 15.8 Å². The number of rotatable bonds is 3. The molecule has 1 atom stereocenters. The van der Waals surface area contributed by atoms with E-state index >= 15 is 0 Å². The van der Waals surface area contributed by atoms with Crippen LogP contribution in [-0.2, 0) is 9.53 Å². The average molecular weight is 291 g/mol. The average Bonchev–Trinajstić information content (AvgIpc) is 2.83. The van der Waals surface area contributed by atoms with Gasteiger partial charge in [0.05, 0.1) is 11.6 Å². The first-order chi connectivity index (χ1) is 8.12. The first-order valence-corrected chi connectivity index (χ1v) is 6.71. The Labute approximate surface area is 117 Å². The number of ether oxygens (including phenoxy) is 1. The Morgan fingerprint density at radius 1 is 1.56 bits per heavy atom. The lowest BCUT2D eigenvalue weighted by molar-refractivity contribution is -0.130. The summed E-state index contributed by atoms with van der Waals surface area (Å²) in [7, 11) is 0. The van der Waals surface area contributed by atoms with Gasteiger partial charge in [-0.05, 0) is 31.2 Å². The van der Waals surface area contributed by atoms with Crippen LogP contribution in [0.15, 0.2) is 17.5 Å². The van der Waals surface area contributed by atoms with Gasteiger partial charge in [-0.1, -0.05) is 6.07 Å². The molecule has 18 heavy (non-hydrogen) atoms. The highest BCUT2D eigenvalue weighted by Gasteiger charge is 2.36. The summed E-state index contributed by atoms with van der Waals surface area (Å²) in [5, 5.41) is 4.99. The van der Waals surface area contributed by atoms with Crippen molar-refractivity contribution in [1.82, 2.24) is 5.32 Å². The zero-order valence-electron chi connectivity index (χ0n) is 10.3. The molecule has 1 aromatic heterocycles. The molecule has 0 aromatic carbocycles. The number of nitrogens with one attached hydrogen (secondary N) is 1. The van der Waals surface area contributed by atoms with E-state index in [-0.39, 0.29) is 24.4 Å². The summed E-state index contributed by atoms with van der Waals surface area (Å²) in [4.78, 5) is 13.3. The standard InChI is InChI=1S/C12H18N2O2S.ClH/c1-9(10-3-2-8-17-10)14-11(15)12(13)4-6-16-7-5-12;/h2-3,8-9H,4-7,13H2,1H3,(H,14,15);1H. The lowest BCUT2D eigenvalue weighted by atomic mass is 9.90. The second kappa shape index (κ2) is 6.52. The number of nitrogens with two attached hydrogens (primary N) is 1. The van der Waals surface area contributed by atoms with E-state index in [1.54, 1.807) is 11.3 Å². The third-order valence-corrected chi connectivity index (χ3v) is 4.21. The predicted octanol–water partition coefficient (Wildman–Crippen LogP) is 1.85. The highest BCUT2D eigenvalue weighted by atomic mass is 35.5. The van der Waals surface area contributed by atoms with Gasteiger partial charge >= 0.3 is 0 Å². The van der Waals surface area contributed by atoms with Crippen molar-refractivity contribution in [2.24, 2.45) is 5.73 Å². The smallest absolute Gasteiger partial charge is 0.240 e. The molecule has 2 heterocycles. The van der Waals surface area contributed by atoms with E-state index in [1.165, 1.54) is 0 Å². The minimum atomic E-state index is -0.760. The Hall–Kier alpha value is -0.620. The van der Waals surface area contributed by atoms with E-state index < -0.39 is 5.54 Å². The lowest BCUT2D eigenvalue weighted by Crippen LogP contribution is -2.57. The molecule has 1 saturated heterocycles. The first kappa shape index (κ1) is 15.4. The molecule has 6 heteroatoms. The van der Waals surface area contributed by atoms with Gasteiger partial charge in [-0.2, -0.15) is 0 Å². The zero-order chi connectivity index (χ0) is 12.3. The molecular weight excluding hydrogens is 272 g/mol. The maximum absolute atomic E-state index is 12.1. The molecule has 0 saturated carbocycles. The number of hydrogen-bond acceptors (Lipinski definition) is 4. The van der Waals surface area contributed by atoms with Crippen molar-refractivity contribution < 1.29 is 9.53 Å². The van der Waals surface area contributed by atoms with Crippen LogP contribution in [0.1, 0.15) is 30.7 Å². The van der Waals surface area contributed by atoms with Gasteiger partial charge in [-0.15, -0.1) is 23.7 Å². The number of halogens is 1. The van der Waals surface area contributed by atoms with Crippen molar-refractivity contribution in [1.29, 1.82) is 0 Å². The van der Waals surface area contributed by atoms with E-state index in [0.29, 0.717) is 26.1 Å². The fourth-order valence-electron chi connectivity index (χ4n) is 1.91. The largest absolute Gasteiger partial charge is 0.381 e. The Kier molecular flexibility index (Phi) is 5.59. The summed E-state index contributed by atoms with van der Waals surface area (Å²) in [5.74, 6) is -0.0679. The number of hydrogen-bond donors (Lipinski definition) is 2. The third kappa shape index (κ3) is 3.45. The van der Waals surface area contributed by atoms with Crippen LogP contribution in [0, 0.1) is 0 Å². The minimum Gasteiger partial charge on any atom is -0.381 e. The van der Waals surface area contributed by atoms with E-state index in [4.69, 9.17) is 10.5 Å². The molecular formula is C12H19ClN2O2S. The lowest BCUT2D eigenvalue weighted by Gasteiger charge is -2.32. The Bertz CT molecular complexity index is 377. The van der Waals surface area contributed by atoms with Crippen LogP contribution < -0.4 is 11.1 Å². The van der Waals surface area contributed by atoms with Crippen LogP contribution in [0.5, 0.6) is 0 Å². The van der Waals surface area contributed by atoms with Crippen LogP contribution in [-0.4, -0.2) is 24.7 Å². The van der Waals surface area contributed by atoms with Crippen molar-refractivity contribution >= 4 is 29.7 Å². The van der Waals surface area contributed by atoms with Crippen LogP contribution in [0.25, 0.3) is 0 Å². The van der Waals surface area contributed by atoms with Gasteiger partial charge in [0.2, 0.25) is 5.91 Å². The topological polar surface area (TPSA) is 64.4 Å². The van der Waals surface area contributed by atoms with Gasteiger partial charge in [0.25, 0.3) is 0 Å². The summed E-state index contributed by atoms with van der Waals surface area (Å²) < 4.78 is 5.23. The summed E-state index contributed by atoms with van der Waals surface area (Å²) >= 11 is 1.64. The molecule has 0 aliphatic carbocycles. The fraction of sp³-hybridized carbons (Fsp3) is 0.583. The molecule has 1 aliphatic rings. The highest BCUT2D eigenvalue weighted by Crippen LogP contribution is 2.22. The van der Waals surface area contributed by atoms with Crippen molar-refractivity contribution in [2.75, 3.05) is 13.2 Å². The summed E-state index contributed by atoms with van der Waals surface area (Å²) in [6.45, 7) is 3.11. The van der Waals surface area contributed by atoms with Crippen molar-refractivity contribution in [3.05, 3.63) is 22.4 Å². The molecule has 0 bridgehead atoms. The van der Waals surface area contributed by atoms with E-state index in [9.17, 15) is 4.79 Å². The second-order valence-electron chi connectivity index (χ2n) is 4.48. The van der Waals surface area contributed by atoms with Gasteiger partial charge in [0, 0.05) is 18.1 Å². The molecule has 1 amide bonds.